The number of hydrogen-bond acceptors (Lipinski definition) is 8. The second kappa shape index (κ2) is 7.59. The number of methoxy groups -OCH3 is 2. The van der Waals surface area contributed by atoms with E-state index in [-0.39, 0.29) is 18.8 Å². The fraction of sp³-hybridized carbons (Fsp3) is 0.438. The first-order valence-electron chi connectivity index (χ1n) is 7.21. The molecule has 1 aliphatic rings. The lowest BCUT2D eigenvalue weighted by molar-refractivity contribution is -0.170. The van der Waals surface area contributed by atoms with Crippen molar-refractivity contribution in [3.8, 4) is 0 Å². The van der Waals surface area contributed by atoms with Crippen molar-refractivity contribution in [3.63, 3.8) is 0 Å². The third kappa shape index (κ3) is 2.94. The Kier molecular flexibility index (Phi) is 5.74. The fourth-order valence-electron chi connectivity index (χ4n) is 2.68. The van der Waals surface area contributed by atoms with E-state index in [0.29, 0.717) is 4.88 Å². The van der Waals surface area contributed by atoms with E-state index < -0.39 is 29.4 Å². The topological polar surface area (TPSA) is 88.1 Å². The number of carbonyl (C=O) groups is 3. The van der Waals surface area contributed by atoms with Crippen molar-refractivity contribution >= 4 is 29.2 Å². The molecule has 0 saturated carbocycles. The van der Waals surface area contributed by atoms with Gasteiger partial charge in [-0.3, -0.25) is 9.59 Å². The molecule has 2 heterocycles. The van der Waals surface area contributed by atoms with E-state index in [1.165, 1.54) is 25.6 Å². The second-order valence-corrected chi connectivity index (χ2v) is 5.90. The van der Waals surface area contributed by atoms with Crippen LogP contribution in [-0.4, -0.2) is 45.3 Å². The Balaban J connectivity index is 2.61. The first-order chi connectivity index (χ1) is 11.5. The molecule has 24 heavy (non-hydrogen) atoms. The van der Waals surface area contributed by atoms with Gasteiger partial charge >= 0.3 is 17.9 Å². The molecule has 1 saturated heterocycles. The summed E-state index contributed by atoms with van der Waals surface area (Å²) in [7, 11) is 2.33. The number of esters is 3. The maximum atomic E-state index is 12.6. The monoisotopic (exact) mass is 354 g/mol. The highest BCUT2D eigenvalue weighted by Gasteiger charge is 2.63. The molecule has 0 unspecified atom stereocenters. The molecule has 130 valence electrons. The first-order valence-corrected chi connectivity index (χ1v) is 8.09. The van der Waals surface area contributed by atoms with Gasteiger partial charge in [0.2, 0.25) is 5.41 Å². The van der Waals surface area contributed by atoms with Gasteiger partial charge in [-0.2, -0.15) is 0 Å². The molecule has 8 heteroatoms. The van der Waals surface area contributed by atoms with E-state index in [4.69, 9.17) is 18.9 Å². The van der Waals surface area contributed by atoms with Crippen molar-refractivity contribution in [2.45, 2.75) is 13.0 Å². The van der Waals surface area contributed by atoms with Crippen molar-refractivity contribution in [1.82, 2.24) is 0 Å². The minimum atomic E-state index is -1.87. The Hall–Kier alpha value is -2.19. The molecule has 0 spiro atoms. The molecule has 7 nitrogen and oxygen atoms in total. The van der Waals surface area contributed by atoms with Gasteiger partial charge in [0.15, 0.2) is 0 Å². The molecule has 1 aromatic heterocycles. The third-order valence-corrected chi connectivity index (χ3v) is 4.62. The molecule has 1 aliphatic heterocycles. The van der Waals surface area contributed by atoms with Gasteiger partial charge in [-0.05, 0) is 23.9 Å². The second-order valence-electron chi connectivity index (χ2n) is 4.92. The van der Waals surface area contributed by atoms with Crippen LogP contribution < -0.4 is 0 Å². The van der Waals surface area contributed by atoms with Crippen LogP contribution in [0.3, 0.4) is 0 Å². The minimum absolute atomic E-state index is 0.0917. The van der Waals surface area contributed by atoms with E-state index in [2.05, 4.69) is 0 Å². The van der Waals surface area contributed by atoms with Crippen molar-refractivity contribution in [2.24, 2.45) is 5.41 Å². The predicted octanol–water partition coefficient (Wildman–Crippen LogP) is 1.64. The highest BCUT2D eigenvalue weighted by atomic mass is 32.1. The van der Waals surface area contributed by atoms with Gasteiger partial charge in [0.1, 0.15) is 6.10 Å². The SMILES string of the molecule is CCOC(=O)/C=C1\CO[C@@H](c2cccs2)C1(C(=O)OC)C(=O)OC. The van der Waals surface area contributed by atoms with Crippen LogP contribution in [0.2, 0.25) is 0 Å². The minimum Gasteiger partial charge on any atom is -0.468 e. The Morgan fingerprint density at radius 2 is 2.00 bits per heavy atom. The van der Waals surface area contributed by atoms with Gasteiger partial charge in [0.25, 0.3) is 0 Å². The average molecular weight is 354 g/mol. The van der Waals surface area contributed by atoms with Crippen LogP contribution in [0.4, 0.5) is 0 Å². The fourth-order valence-corrected chi connectivity index (χ4v) is 3.52. The van der Waals surface area contributed by atoms with Gasteiger partial charge in [-0.25, -0.2) is 4.79 Å². The lowest BCUT2D eigenvalue weighted by Gasteiger charge is -2.28. The van der Waals surface area contributed by atoms with Crippen LogP contribution in [-0.2, 0) is 33.3 Å². The van der Waals surface area contributed by atoms with E-state index in [1.807, 2.05) is 0 Å². The van der Waals surface area contributed by atoms with Crippen LogP contribution >= 0.6 is 11.3 Å². The predicted molar refractivity (Wildman–Crippen MR) is 84.2 cm³/mol. The molecule has 1 atom stereocenters. The third-order valence-electron chi connectivity index (χ3n) is 3.70. The van der Waals surface area contributed by atoms with Crippen molar-refractivity contribution < 1.29 is 33.3 Å². The maximum absolute atomic E-state index is 12.6. The molecule has 0 radical (unpaired) electrons. The summed E-state index contributed by atoms with van der Waals surface area (Å²) in [4.78, 5) is 37.7. The van der Waals surface area contributed by atoms with Crippen molar-refractivity contribution in [1.29, 1.82) is 0 Å². The molecule has 0 amide bonds. The zero-order valence-electron chi connectivity index (χ0n) is 13.6. The number of thiophene rings is 1. The summed E-state index contributed by atoms with van der Waals surface area (Å²) in [5, 5.41) is 1.80. The van der Waals surface area contributed by atoms with Crippen LogP contribution in [0.1, 0.15) is 17.9 Å². The molecule has 0 aliphatic carbocycles. The summed E-state index contributed by atoms with van der Waals surface area (Å²) in [5.41, 5.74) is -1.72. The van der Waals surface area contributed by atoms with E-state index in [1.54, 1.807) is 24.4 Å². The zero-order chi connectivity index (χ0) is 17.7. The van der Waals surface area contributed by atoms with E-state index in [0.717, 1.165) is 6.08 Å². The highest BCUT2D eigenvalue weighted by molar-refractivity contribution is 7.10. The molecule has 2 rings (SSSR count). The number of carbonyl (C=O) groups excluding carboxylic acids is 3. The lowest BCUT2D eigenvalue weighted by atomic mass is 9.76. The molecule has 0 bridgehead atoms. The Morgan fingerprint density at radius 3 is 2.50 bits per heavy atom. The lowest BCUT2D eigenvalue weighted by Crippen LogP contribution is -2.45. The van der Waals surface area contributed by atoms with Crippen LogP contribution in [0.5, 0.6) is 0 Å². The van der Waals surface area contributed by atoms with Gasteiger partial charge < -0.3 is 18.9 Å². The smallest absolute Gasteiger partial charge is 0.330 e. The summed E-state index contributed by atoms with van der Waals surface area (Å²) >= 11 is 1.33. The summed E-state index contributed by atoms with van der Waals surface area (Å²) in [6.45, 7) is 1.73. The van der Waals surface area contributed by atoms with Crippen molar-refractivity contribution in [2.75, 3.05) is 27.4 Å². The molecule has 0 aromatic carbocycles. The summed E-state index contributed by atoms with van der Waals surface area (Å²) in [6.07, 6.45) is 0.170. The summed E-state index contributed by atoms with van der Waals surface area (Å²) in [5.74, 6) is -2.36. The van der Waals surface area contributed by atoms with Crippen LogP contribution in [0.15, 0.2) is 29.2 Å². The van der Waals surface area contributed by atoms with Crippen LogP contribution in [0.25, 0.3) is 0 Å². The Labute approximate surface area is 143 Å². The highest BCUT2D eigenvalue weighted by Crippen LogP contribution is 2.51. The van der Waals surface area contributed by atoms with E-state index >= 15 is 0 Å². The average Bonchev–Trinajstić information content (AvgIpc) is 3.21. The molecular formula is C16H18O7S. The Morgan fingerprint density at radius 1 is 1.33 bits per heavy atom. The molecule has 1 aromatic rings. The van der Waals surface area contributed by atoms with Crippen LogP contribution in [0, 0.1) is 5.41 Å². The van der Waals surface area contributed by atoms with Gasteiger partial charge in [0, 0.05) is 11.0 Å². The standard InChI is InChI=1S/C16H18O7S/c1-4-22-12(17)8-10-9-23-13(11-6-5-7-24-11)16(10,14(18)20-2)15(19)21-3/h5-8,13H,4,9H2,1-3H3/b10-8+/t13-/m0/s1. The molecule has 1 fully saturated rings. The zero-order valence-corrected chi connectivity index (χ0v) is 14.4. The largest absolute Gasteiger partial charge is 0.468 e. The van der Waals surface area contributed by atoms with Gasteiger partial charge in [-0.15, -0.1) is 11.3 Å². The Bertz CT molecular complexity index is 631. The van der Waals surface area contributed by atoms with Crippen molar-refractivity contribution in [3.05, 3.63) is 34.0 Å². The van der Waals surface area contributed by atoms with Gasteiger partial charge in [-0.1, -0.05) is 6.07 Å². The summed E-state index contributed by atoms with van der Waals surface area (Å²) in [6, 6.07) is 3.51. The number of rotatable bonds is 5. The summed E-state index contributed by atoms with van der Waals surface area (Å²) < 4.78 is 20.3. The van der Waals surface area contributed by atoms with Gasteiger partial charge in [0.05, 0.1) is 27.4 Å². The molecule has 0 N–H and O–H groups in total. The quantitative estimate of drug-likeness (QED) is 0.344. The number of ether oxygens (including phenoxy) is 4. The normalized spacial score (nSPS) is 20.6. The molecular weight excluding hydrogens is 336 g/mol. The first kappa shape index (κ1) is 18.2. The van der Waals surface area contributed by atoms with E-state index in [9.17, 15) is 14.4 Å². The maximum Gasteiger partial charge on any atom is 0.330 e. The number of hydrogen-bond donors (Lipinski definition) is 0.